The van der Waals surface area contributed by atoms with Crippen LogP contribution in [0.25, 0.3) is 0 Å². The molecule has 5 heteroatoms. The first-order chi connectivity index (χ1) is 11.1. The summed E-state index contributed by atoms with van der Waals surface area (Å²) in [5.41, 5.74) is 0.943. The molecule has 1 fully saturated rings. The summed E-state index contributed by atoms with van der Waals surface area (Å²) in [7, 11) is -1.97. The smallest absolute Gasteiger partial charge is 0.240 e. The number of carbonyl (C=O) groups is 2. The van der Waals surface area contributed by atoms with Crippen molar-refractivity contribution < 1.29 is 9.59 Å². The van der Waals surface area contributed by atoms with Gasteiger partial charge in [-0.05, 0) is 10.6 Å². The van der Waals surface area contributed by atoms with Gasteiger partial charge in [0.25, 0.3) is 0 Å². The average Bonchev–Trinajstić information content (AvgIpc) is 2.49. The predicted molar refractivity (Wildman–Crippen MR) is 100 cm³/mol. The molecule has 2 rings (SSSR count). The van der Waals surface area contributed by atoms with E-state index in [-0.39, 0.29) is 29.3 Å². The van der Waals surface area contributed by atoms with Gasteiger partial charge in [-0.25, -0.2) is 0 Å². The molecule has 1 saturated heterocycles. The molecule has 0 radical (unpaired) electrons. The number of hydrogen-bond acceptors (Lipinski definition) is 2. The van der Waals surface area contributed by atoms with E-state index in [0.29, 0.717) is 0 Å². The molecule has 24 heavy (non-hydrogen) atoms. The Morgan fingerprint density at radius 3 is 2.38 bits per heavy atom. The van der Waals surface area contributed by atoms with E-state index < -0.39 is 14.3 Å². The van der Waals surface area contributed by atoms with E-state index in [1.54, 1.807) is 6.08 Å². The molecule has 2 atom stereocenters. The second-order valence-corrected chi connectivity index (χ2v) is 13.1. The molecular weight excluding hydrogens is 316 g/mol. The summed E-state index contributed by atoms with van der Waals surface area (Å²) < 4.78 is 1.98. The molecule has 4 nitrogen and oxygen atoms in total. The van der Waals surface area contributed by atoms with Gasteiger partial charge in [-0.15, -0.1) is 6.58 Å². The summed E-state index contributed by atoms with van der Waals surface area (Å²) in [6.45, 7) is 14.8. The van der Waals surface area contributed by atoms with Gasteiger partial charge >= 0.3 is 0 Å². The van der Waals surface area contributed by atoms with E-state index >= 15 is 0 Å². The Kier molecular flexibility index (Phi) is 5.04. The van der Waals surface area contributed by atoms with Crippen LogP contribution in [0.4, 0.5) is 0 Å². The SMILES string of the molecule is C=CC1C(NC(=O)Cc2ccccc2)C(=O)N1[Si](C)(C)C(C)(C)C. The number of hydrogen-bond donors (Lipinski definition) is 1. The lowest BCUT2D eigenvalue weighted by Crippen LogP contribution is -2.78. The van der Waals surface area contributed by atoms with Crippen LogP contribution in [0.3, 0.4) is 0 Å². The van der Waals surface area contributed by atoms with Crippen molar-refractivity contribution in [2.75, 3.05) is 0 Å². The van der Waals surface area contributed by atoms with Gasteiger partial charge < -0.3 is 9.88 Å². The molecule has 1 aliphatic rings. The number of nitrogens with zero attached hydrogens (tertiary/aromatic N) is 1. The van der Waals surface area contributed by atoms with Crippen LogP contribution >= 0.6 is 0 Å². The van der Waals surface area contributed by atoms with Crippen LogP contribution < -0.4 is 5.32 Å². The highest BCUT2D eigenvalue weighted by Crippen LogP contribution is 2.43. The van der Waals surface area contributed by atoms with Gasteiger partial charge in [0, 0.05) is 0 Å². The third-order valence-electron chi connectivity index (χ3n) is 5.35. The molecule has 1 aliphatic heterocycles. The minimum Gasteiger partial charge on any atom is -0.359 e. The maximum absolute atomic E-state index is 12.7. The Hall–Kier alpha value is -1.88. The summed E-state index contributed by atoms with van der Waals surface area (Å²) >= 11 is 0. The molecule has 1 aromatic rings. The third kappa shape index (κ3) is 3.31. The molecular formula is C19H28N2O2Si. The minimum atomic E-state index is -1.97. The second kappa shape index (κ2) is 6.55. The zero-order valence-electron chi connectivity index (χ0n) is 15.3. The number of benzene rings is 1. The largest absolute Gasteiger partial charge is 0.359 e. The molecule has 0 aliphatic carbocycles. The van der Waals surface area contributed by atoms with E-state index in [1.807, 2.05) is 34.9 Å². The van der Waals surface area contributed by atoms with Crippen molar-refractivity contribution in [3.8, 4) is 0 Å². The fourth-order valence-electron chi connectivity index (χ4n) is 2.91. The van der Waals surface area contributed by atoms with Crippen LogP contribution in [0.15, 0.2) is 43.0 Å². The van der Waals surface area contributed by atoms with E-state index in [9.17, 15) is 9.59 Å². The fourth-order valence-corrected chi connectivity index (χ4v) is 5.33. The summed E-state index contributed by atoms with van der Waals surface area (Å²) in [4.78, 5) is 25.0. The monoisotopic (exact) mass is 344 g/mol. The highest BCUT2D eigenvalue weighted by Gasteiger charge is 2.56. The van der Waals surface area contributed by atoms with Gasteiger partial charge in [0.2, 0.25) is 11.8 Å². The minimum absolute atomic E-state index is 0.0212. The first-order valence-corrected chi connectivity index (χ1v) is 11.3. The number of β-lactam (4-membered cyclic amide) rings is 1. The molecule has 1 aromatic carbocycles. The molecule has 2 amide bonds. The zero-order valence-corrected chi connectivity index (χ0v) is 16.3. The first-order valence-electron chi connectivity index (χ1n) is 8.38. The van der Waals surface area contributed by atoms with Crippen molar-refractivity contribution in [2.24, 2.45) is 0 Å². The van der Waals surface area contributed by atoms with E-state index in [4.69, 9.17) is 0 Å². The lowest BCUT2D eigenvalue weighted by molar-refractivity contribution is -0.144. The fraction of sp³-hybridized carbons (Fsp3) is 0.474. The Morgan fingerprint density at radius 2 is 1.88 bits per heavy atom. The van der Waals surface area contributed by atoms with Gasteiger partial charge in [0.15, 0.2) is 8.24 Å². The first kappa shape index (κ1) is 18.5. The standard InChI is InChI=1S/C19H28N2O2Si/c1-7-15-17(18(23)21(15)24(5,6)19(2,3)4)20-16(22)13-14-11-9-8-10-12-14/h7-12,15,17H,1,13H2,2-6H3,(H,20,22). The molecule has 2 unspecified atom stereocenters. The van der Waals surface area contributed by atoms with Crippen LogP contribution in [0.5, 0.6) is 0 Å². The normalized spacial score (nSPS) is 21.2. The maximum Gasteiger partial charge on any atom is 0.240 e. The van der Waals surface area contributed by atoms with Crippen molar-refractivity contribution in [3.05, 3.63) is 48.6 Å². The second-order valence-electron chi connectivity index (χ2n) is 7.95. The van der Waals surface area contributed by atoms with Crippen LogP contribution in [-0.2, 0) is 16.0 Å². The van der Waals surface area contributed by atoms with Gasteiger partial charge in [0.1, 0.15) is 6.04 Å². The number of amides is 2. The molecule has 130 valence electrons. The van der Waals surface area contributed by atoms with Crippen molar-refractivity contribution >= 4 is 20.0 Å². The lowest BCUT2D eigenvalue weighted by atomic mass is 9.98. The van der Waals surface area contributed by atoms with Crippen molar-refractivity contribution in [2.45, 2.75) is 57.4 Å². The summed E-state index contributed by atoms with van der Waals surface area (Å²) in [6, 6.07) is 8.96. The topological polar surface area (TPSA) is 49.4 Å². The average molecular weight is 345 g/mol. The predicted octanol–water partition coefficient (Wildman–Crippen LogP) is 3.12. The summed E-state index contributed by atoms with van der Waals surface area (Å²) in [5.74, 6) is -0.103. The van der Waals surface area contributed by atoms with Gasteiger partial charge in [-0.2, -0.15) is 0 Å². The Labute approximate surface area is 146 Å². The highest BCUT2D eigenvalue weighted by atomic mass is 28.3. The lowest BCUT2D eigenvalue weighted by Gasteiger charge is -2.57. The number of nitrogens with one attached hydrogen (secondary N) is 1. The van der Waals surface area contributed by atoms with Crippen LogP contribution in [0.1, 0.15) is 26.3 Å². The van der Waals surface area contributed by atoms with Gasteiger partial charge in [-0.3, -0.25) is 9.59 Å². The van der Waals surface area contributed by atoms with E-state index in [0.717, 1.165) is 5.56 Å². The summed E-state index contributed by atoms with van der Waals surface area (Å²) in [5, 5.41) is 2.95. The zero-order chi connectivity index (χ0) is 18.1. The number of rotatable bonds is 5. The molecule has 0 spiro atoms. The molecule has 0 aromatic heterocycles. The van der Waals surface area contributed by atoms with E-state index in [1.165, 1.54) is 0 Å². The maximum atomic E-state index is 12.7. The van der Waals surface area contributed by atoms with Crippen molar-refractivity contribution in [1.82, 2.24) is 9.88 Å². The van der Waals surface area contributed by atoms with Gasteiger partial charge in [-0.1, -0.05) is 70.3 Å². The van der Waals surface area contributed by atoms with Crippen molar-refractivity contribution in [1.29, 1.82) is 0 Å². The molecule has 0 bridgehead atoms. The van der Waals surface area contributed by atoms with Crippen LogP contribution in [0.2, 0.25) is 18.1 Å². The Balaban J connectivity index is 2.07. The van der Waals surface area contributed by atoms with Crippen LogP contribution in [-0.4, -0.2) is 36.7 Å². The summed E-state index contributed by atoms with van der Waals surface area (Å²) in [6.07, 6.45) is 2.07. The Morgan fingerprint density at radius 1 is 1.29 bits per heavy atom. The Bertz CT molecular complexity index is 635. The molecule has 0 saturated carbocycles. The number of carbonyl (C=O) groups excluding carboxylic acids is 2. The highest BCUT2D eigenvalue weighted by molar-refractivity contribution is 6.80. The third-order valence-corrected chi connectivity index (χ3v) is 10.7. The molecule has 1 N–H and O–H groups in total. The van der Waals surface area contributed by atoms with E-state index in [2.05, 4.69) is 45.8 Å². The van der Waals surface area contributed by atoms with Gasteiger partial charge in [0.05, 0.1) is 12.5 Å². The molecule has 1 heterocycles. The van der Waals surface area contributed by atoms with Crippen LogP contribution in [0, 0.1) is 0 Å². The quantitative estimate of drug-likeness (QED) is 0.507. The van der Waals surface area contributed by atoms with Crippen molar-refractivity contribution in [3.63, 3.8) is 0 Å².